The monoisotopic (exact) mass is 437 g/mol. The molecule has 2 aromatic heterocycles. The third-order valence-corrected chi connectivity index (χ3v) is 6.68. The van der Waals surface area contributed by atoms with E-state index in [4.69, 9.17) is 5.73 Å². The van der Waals surface area contributed by atoms with Crippen molar-refractivity contribution < 1.29 is 0 Å². The molecule has 4 aromatic rings. The van der Waals surface area contributed by atoms with E-state index in [0.29, 0.717) is 17.7 Å². The number of hydrogen-bond acceptors (Lipinski definition) is 5. The molecule has 1 unspecified atom stereocenters. The number of rotatable bonds is 6. The number of nitrogens with zero attached hydrogens (tertiary/aromatic N) is 4. The summed E-state index contributed by atoms with van der Waals surface area (Å²) in [5, 5.41) is 17.0. The quantitative estimate of drug-likeness (QED) is 0.385. The number of anilines is 1. The minimum absolute atomic E-state index is 0.142. The van der Waals surface area contributed by atoms with Crippen molar-refractivity contribution in [1.82, 2.24) is 20.4 Å². The van der Waals surface area contributed by atoms with E-state index >= 15 is 0 Å². The molecule has 2 aromatic carbocycles. The predicted octanol–water partition coefficient (Wildman–Crippen LogP) is 6.27. The second-order valence-corrected chi connectivity index (χ2v) is 9.35. The number of nitrogens with two attached hydrogens (primary N) is 1. The van der Waals surface area contributed by atoms with Gasteiger partial charge in [0.25, 0.3) is 0 Å². The highest BCUT2D eigenvalue weighted by molar-refractivity contribution is 5.62. The van der Waals surface area contributed by atoms with E-state index in [1.807, 2.05) is 6.07 Å². The third-order valence-electron chi connectivity index (χ3n) is 6.68. The van der Waals surface area contributed by atoms with Gasteiger partial charge in [0.2, 0.25) is 0 Å². The highest BCUT2D eigenvalue weighted by Crippen LogP contribution is 2.40. The highest BCUT2D eigenvalue weighted by atomic mass is 15.1. The lowest BCUT2D eigenvalue weighted by molar-refractivity contribution is 0.405. The number of hydrogen-bond donors (Lipinski definition) is 1. The van der Waals surface area contributed by atoms with Crippen molar-refractivity contribution in [2.24, 2.45) is 5.92 Å². The third kappa shape index (κ3) is 4.49. The SMILES string of the molecule is CC(C)c1ccc(-c2ccc(C(C)(c3ccc(-c4ccc(N)nn4)cc3)C(C)C)cc2)nn1. The summed E-state index contributed by atoms with van der Waals surface area (Å²) in [7, 11) is 0. The Hall–Kier alpha value is -3.60. The van der Waals surface area contributed by atoms with E-state index < -0.39 is 0 Å². The van der Waals surface area contributed by atoms with Crippen molar-refractivity contribution in [3.05, 3.63) is 89.6 Å². The normalized spacial score (nSPS) is 13.3. The van der Waals surface area contributed by atoms with E-state index in [0.717, 1.165) is 28.2 Å². The van der Waals surface area contributed by atoms with Crippen molar-refractivity contribution in [3.63, 3.8) is 0 Å². The maximum atomic E-state index is 5.67. The molecular formula is C28H31N5. The molecule has 0 fully saturated rings. The van der Waals surface area contributed by atoms with Crippen LogP contribution in [0, 0.1) is 5.92 Å². The van der Waals surface area contributed by atoms with Gasteiger partial charge >= 0.3 is 0 Å². The molecule has 5 heteroatoms. The molecule has 4 rings (SSSR count). The lowest BCUT2D eigenvalue weighted by atomic mass is 9.68. The topological polar surface area (TPSA) is 77.6 Å². The Morgan fingerprint density at radius 3 is 1.45 bits per heavy atom. The van der Waals surface area contributed by atoms with Crippen LogP contribution >= 0.6 is 0 Å². The summed E-state index contributed by atoms with van der Waals surface area (Å²) in [6.07, 6.45) is 0. The van der Waals surface area contributed by atoms with Crippen LogP contribution in [0.3, 0.4) is 0 Å². The molecule has 0 amide bonds. The van der Waals surface area contributed by atoms with E-state index in [9.17, 15) is 0 Å². The van der Waals surface area contributed by atoms with Gasteiger partial charge in [-0.15, -0.1) is 10.2 Å². The van der Waals surface area contributed by atoms with Crippen molar-refractivity contribution >= 4 is 5.82 Å². The maximum absolute atomic E-state index is 5.67. The predicted molar refractivity (Wildman–Crippen MR) is 135 cm³/mol. The average Bonchev–Trinajstić information content (AvgIpc) is 2.84. The summed E-state index contributed by atoms with van der Waals surface area (Å²) in [5.41, 5.74) is 12.9. The maximum Gasteiger partial charge on any atom is 0.146 e. The van der Waals surface area contributed by atoms with Crippen LogP contribution in [0.25, 0.3) is 22.5 Å². The summed E-state index contributed by atoms with van der Waals surface area (Å²) in [6.45, 7) is 11.1. The summed E-state index contributed by atoms with van der Waals surface area (Å²) >= 11 is 0. The molecule has 0 aliphatic carbocycles. The molecule has 33 heavy (non-hydrogen) atoms. The molecule has 0 aliphatic heterocycles. The van der Waals surface area contributed by atoms with E-state index in [-0.39, 0.29) is 5.41 Å². The van der Waals surface area contributed by atoms with Crippen LogP contribution in [0.5, 0.6) is 0 Å². The molecule has 168 valence electrons. The number of nitrogen functional groups attached to an aromatic ring is 1. The van der Waals surface area contributed by atoms with Gasteiger partial charge in [0.05, 0.1) is 17.1 Å². The van der Waals surface area contributed by atoms with Crippen molar-refractivity contribution in [2.45, 2.75) is 46.0 Å². The fourth-order valence-corrected chi connectivity index (χ4v) is 4.11. The molecule has 0 saturated heterocycles. The van der Waals surface area contributed by atoms with Crippen molar-refractivity contribution in [3.8, 4) is 22.5 Å². The Balaban J connectivity index is 1.63. The Morgan fingerprint density at radius 2 is 1.09 bits per heavy atom. The lowest BCUT2D eigenvalue weighted by Crippen LogP contribution is -2.30. The standard InChI is InChI=1S/C28H31N5/c1-18(2)24-14-15-25(31-30-24)20-6-10-22(11-7-20)28(5,19(3)4)23-12-8-21(9-13-23)26-16-17-27(29)33-32-26/h6-19H,1-5H3,(H2,29,33). The first-order valence-corrected chi connectivity index (χ1v) is 11.4. The van der Waals surface area contributed by atoms with Gasteiger partial charge in [-0.1, -0.05) is 83.1 Å². The van der Waals surface area contributed by atoms with Crippen LogP contribution in [-0.2, 0) is 5.41 Å². The zero-order valence-electron chi connectivity index (χ0n) is 19.9. The minimum atomic E-state index is -0.142. The fraction of sp³-hybridized carbons (Fsp3) is 0.286. The Kier molecular flexibility index (Phi) is 6.23. The molecule has 0 saturated carbocycles. The van der Waals surface area contributed by atoms with Gasteiger partial charge in [-0.05, 0) is 47.2 Å². The molecule has 0 bridgehead atoms. The van der Waals surface area contributed by atoms with Crippen LogP contribution in [-0.4, -0.2) is 20.4 Å². The smallest absolute Gasteiger partial charge is 0.146 e. The van der Waals surface area contributed by atoms with Gasteiger partial charge < -0.3 is 5.73 Å². The summed E-state index contributed by atoms with van der Waals surface area (Å²) in [5.74, 6) is 1.20. The van der Waals surface area contributed by atoms with E-state index in [2.05, 4.69) is 116 Å². The van der Waals surface area contributed by atoms with Gasteiger partial charge in [-0.3, -0.25) is 0 Å². The molecule has 1 atom stereocenters. The van der Waals surface area contributed by atoms with Crippen LogP contribution in [0.15, 0.2) is 72.8 Å². The van der Waals surface area contributed by atoms with Gasteiger partial charge in [0, 0.05) is 16.5 Å². The van der Waals surface area contributed by atoms with Crippen molar-refractivity contribution in [2.75, 3.05) is 5.73 Å². The van der Waals surface area contributed by atoms with Crippen LogP contribution in [0.4, 0.5) is 5.82 Å². The van der Waals surface area contributed by atoms with Crippen molar-refractivity contribution in [1.29, 1.82) is 0 Å². The van der Waals surface area contributed by atoms with E-state index in [1.54, 1.807) is 6.07 Å². The minimum Gasteiger partial charge on any atom is -0.382 e. The Labute approximate surface area is 196 Å². The summed E-state index contributed by atoms with van der Waals surface area (Å²) in [6, 6.07) is 25.1. The number of benzene rings is 2. The number of aromatic nitrogens is 4. The zero-order valence-corrected chi connectivity index (χ0v) is 19.9. The zero-order chi connectivity index (χ0) is 23.6. The van der Waals surface area contributed by atoms with E-state index in [1.165, 1.54) is 11.1 Å². The average molecular weight is 438 g/mol. The molecule has 2 N–H and O–H groups in total. The molecule has 0 spiro atoms. The molecular weight excluding hydrogens is 406 g/mol. The largest absolute Gasteiger partial charge is 0.382 e. The molecule has 0 aliphatic rings. The lowest BCUT2D eigenvalue weighted by Gasteiger charge is -2.35. The van der Waals surface area contributed by atoms with Gasteiger partial charge in [0.15, 0.2) is 0 Å². The van der Waals surface area contributed by atoms with Gasteiger partial charge in [-0.25, -0.2) is 0 Å². The fourth-order valence-electron chi connectivity index (χ4n) is 4.11. The Bertz CT molecular complexity index is 1200. The first-order valence-electron chi connectivity index (χ1n) is 11.4. The van der Waals surface area contributed by atoms with Gasteiger partial charge in [-0.2, -0.15) is 10.2 Å². The van der Waals surface area contributed by atoms with Crippen LogP contribution in [0.1, 0.15) is 57.4 Å². The molecule has 5 nitrogen and oxygen atoms in total. The van der Waals surface area contributed by atoms with Gasteiger partial charge in [0.1, 0.15) is 5.82 Å². The van der Waals surface area contributed by atoms with Crippen LogP contribution < -0.4 is 5.73 Å². The summed E-state index contributed by atoms with van der Waals surface area (Å²) < 4.78 is 0. The summed E-state index contributed by atoms with van der Waals surface area (Å²) in [4.78, 5) is 0. The highest BCUT2D eigenvalue weighted by Gasteiger charge is 2.32. The first kappa shape index (κ1) is 22.6. The van der Waals surface area contributed by atoms with Crippen LogP contribution in [0.2, 0.25) is 0 Å². The second kappa shape index (κ2) is 9.10. The Morgan fingerprint density at radius 1 is 0.606 bits per heavy atom. The second-order valence-electron chi connectivity index (χ2n) is 9.35. The first-order chi connectivity index (χ1) is 15.8. The molecule has 2 heterocycles. The molecule has 0 radical (unpaired) electrons.